The smallest absolute Gasteiger partial charge is 0.255 e. The van der Waals surface area contributed by atoms with Crippen LogP contribution in [0.1, 0.15) is 15.9 Å². The van der Waals surface area contributed by atoms with Gasteiger partial charge < -0.3 is 4.83 Å². The number of aryl methyl sites for hydroxylation is 1. The second kappa shape index (κ2) is 7.27. The highest BCUT2D eigenvalue weighted by atomic mass is 35.5. The largest absolute Gasteiger partial charge is 0.439 e. The Morgan fingerprint density at radius 1 is 1.15 bits per heavy atom. The molecule has 1 aromatic heterocycles. The number of halogens is 1. The fraction of sp³-hybridized carbons (Fsp3) is 0.118. The minimum Gasteiger partial charge on any atom is -0.439 e. The van der Waals surface area contributed by atoms with Gasteiger partial charge in [-0.1, -0.05) is 29.3 Å². The fourth-order valence-corrected chi connectivity index (χ4v) is 3.23. The Morgan fingerprint density at radius 3 is 2.46 bits per heavy atom. The molecule has 26 heavy (non-hydrogen) atoms. The third kappa shape index (κ3) is 4.27. The molecule has 0 aliphatic carbocycles. The summed E-state index contributed by atoms with van der Waals surface area (Å²) in [5, 5.41) is 4.51. The Labute approximate surface area is 155 Å². The molecule has 1 heterocycles. The molecule has 9 heteroatoms. The highest BCUT2D eigenvalue weighted by Gasteiger charge is 2.13. The van der Waals surface area contributed by atoms with Gasteiger partial charge in [0.15, 0.2) is 12.3 Å². The average molecular weight is 391 g/mol. The first kappa shape index (κ1) is 18.1. The first-order valence-electron chi connectivity index (χ1n) is 7.61. The van der Waals surface area contributed by atoms with Gasteiger partial charge in [0.2, 0.25) is 6.33 Å². The normalized spacial score (nSPS) is 11.3. The zero-order valence-electron chi connectivity index (χ0n) is 13.8. The number of carbonyl (C=O) groups is 1. The first-order valence-corrected chi connectivity index (χ1v) is 9.43. The molecule has 0 aliphatic rings. The van der Waals surface area contributed by atoms with E-state index in [2.05, 4.69) is 9.93 Å². The molecule has 0 fully saturated rings. The van der Waals surface area contributed by atoms with E-state index in [9.17, 15) is 13.2 Å². The zero-order valence-corrected chi connectivity index (χ0v) is 15.4. The van der Waals surface area contributed by atoms with E-state index < -0.39 is 10.0 Å². The lowest BCUT2D eigenvalue weighted by Crippen LogP contribution is -2.30. The Bertz CT molecular complexity index is 1030. The van der Waals surface area contributed by atoms with Gasteiger partial charge in [0, 0.05) is 15.7 Å². The van der Waals surface area contributed by atoms with Crippen LogP contribution in [0.4, 0.5) is 0 Å². The van der Waals surface area contributed by atoms with Crippen molar-refractivity contribution in [3.05, 3.63) is 82.2 Å². The number of aromatic nitrogens is 3. The van der Waals surface area contributed by atoms with Crippen molar-refractivity contribution in [3.8, 4) is 0 Å². The van der Waals surface area contributed by atoms with Gasteiger partial charge in [-0.3, -0.25) is 9.47 Å². The molecule has 0 aliphatic heterocycles. The second-order valence-corrected chi connectivity index (χ2v) is 7.65. The summed E-state index contributed by atoms with van der Waals surface area (Å²) in [6.45, 7) is 1.82. The van der Waals surface area contributed by atoms with Crippen LogP contribution in [0.15, 0.2) is 66.1 Å². The van der Waals surface area contributed by atoms with Crippen LogP contribution in [0.3, 0.4) is 0 Å². The topological polar surface area (TPSA) is 87.0 Å². The Morgan fingerprint density at radius 2 is 1.81 bits per heavy atom. The molecule has 0 saturated heterocycles. The van der Waals surface area contributed by atoms with Crippen molar-refractivity contribution in [2.75, 3.05) is 0 Å². The summed E-state index contributed by atoms with van der Waals surface area (Å²) in [4.78, 5) is 16.0. The number of hydrogen-bond donors (Lipinski definition) is 0. The van der Waals surface area contributed by atoms with Gasteiger partial charge in [-0.2, -0.15) is 0 Å². The summed E-state index contributed by atoms with van der Waals surface area (Å²) in [6.07, 6.45) is 2.56. The molecule has 0 radical (unpaired) electrons. The van der Waals surface area contributed by atoms with E-state index in [1.165, 1.54) is 29.5 Å². The van der Waals surface area contributed by atoms with Crippen LogP contribution in [0.5, 0.6) is 0 Å². The van der Waals surface area contributed by atoms with Gasteiger partial charge >= 0.3 is 0 Å². The number of ketones is 1. The lowest BCUT2D eigenvalue weighted by atomic mass is 10.1. The number of carbonyl (C=O) groups excluding carboxylic acids is 1. The molecule has 3 rings (SSSR count). The quantitative estimate of drug-likeness (QED) is 0.478. The van der Waals surface area contributed by atoms with Crippen molar-refractivity contribution in [2.24, 2.45) is 0 Å². The number of rotatable bonds is 6. The number of sulfonamides is 1. The summed E-state index contributed by atoms with van der Waals surface area (Å²) in [5.41, 5.74) is 1.44. The molecular formula is C17H15ClN4O3S. The van der Waals surface area contributed by atoms with E-state index in [0.717, 1.165) is 10.2 Å². The van der Waals surface area contributed by atoms with Crippen molar-refractivity contribution in [1.29, 1.82) is 0 Å². The minimum absolute atomic E-state index is 0.0469. The summed E-state index contributed by atoms with van der Waals surface area (Å²) in [5.74, 6) is -0.182. The summed E-state index contributed by atoms with van der Waals surface area (Å²) < 4.78 is 27.0. The maximum Gasteiger partial charge on any atom is 0.255 e. The van der Waals surface area contributed by atoms with Crippen LogP contribution in [0.25, 0.3) is 4.83 Å². The molecule has 134 valence electrons. The molecule has 0 unspecified atom stereocenters. The number of hydrogen-bond acceptors (Lipinski definition) is 4. The van der Waals surface area contributed by atoms with E-state index in [4.69, 9.17) is 11.6 Å². The molecule has 0 N–H and O–H groups in total. The molecular weight excluding hydrogens is 376 g/mol. The van der Waals surface area contributed by atoms with Gasteiger partial charge in [0.05, 0.1) is 4.90 Å². The number of nitrogens with zero attached hydrogens (tertiary/aromatic N) is 4. The molecule has 0 bridgehead atoms. The lowest BCUT2D eigenvalue weighted by molar-refractivity contribution is -0.614. The Hall–Kier alpha value is -2.71. The van der Waals surface area contributed by atoms with Gasteiger partial charge in [0.25, 0.3) is 6.33 Å². The number of Topliss-reactive ketones (excluding diaryl/α,β-unsaturated/α-hetero) is 1. The zero-order chi connectivity index (χ0) is 18.7. The summed E-state index contributed by atoms with van der Waals surface area (Å²) in [6, 6.07) is 12.9. The van der Waals surface area contributed by atoms with E-state index >= 15 is 0 Å². The monoisotopic (exact) mass is 390 g/mol. The standard InChI is InChI=1S/C17H15ClN4O3S/c1-13-2-8-16(9-3-13)26(24,25)20-22-11-19-21(12-22)10-17(23)14-4-6-15(18)7-5-14/h2-9,11-12H,10H2,1H3. The second-order valence-electron chi connectivity index (χ2n) is 5.62. The van der Waals surface area contributed by atoms with Gasteiger partial charge in [0.1, 0.15) is 10.0 Å². The first-order chi connectivity index (χ1) is 12.3. The Balaban J connectivity index is 1.70. The average Bonchev–Trinajstić information content (AvgIpc) is 3.02. The summed E-state index contributed by atoms with van der Waals surface area (Å²) in [7, 11) is -3.87. The van der Waals surface area contributed by atoms with Gasteiger partial charge in [-0.25, -0.2) is 8.42 Å². The van der Waals surface area contributed by atoms with Crippen molar-refractivity contribution >= 4 is 27.4 Å². The van der Waals surface area contributed by atoms with Crippen LogP contribution in [-0.4, -0.2) is 24.0 Å². The molecule has 0 atom stereocenters. The maximum absolute atomic E-state index is 12.3. The molecule has 3 aromatic rings. The predicted octanol–water partition coefficient (Wildman–Crippen LogP) is 2.54. The highest BCUT2D eigenvalue weighted by molar-refractivity contribution is 7.93. The summed E-state index contributed by atoms with van der Waals surface area (Å²) >= 11 is 5.80. The third-order valence-electron chi connectivity index (χ3n) is 3.56. The van der Waals surface area contributed by atoms with Crippen molar-refractivity contribution in [2.45, 2.75) is 18.4 Å². The maximum atomic E-state index is 12.3. The molecule has 7 nitrogen and oxygen atoms in total. The van der Waals surface area contributed by atoms with E-state index in [-0.39, 0.29) is 17.2 Å². The van der Waals surface area contributed by atoms with Crippen molar-refractivity contribution in [1.82, 2.24) is 9.78 Å². The lowest BCUT2D eigenvalue weighted by Gasteiger charge is -2.17. The van der Waals surface area contributed by atoms with E-state index in [0.29, 0.717) is 10.6 Å². The predicted molar refractivity (Wildman–Crippen MR) is 95.3 cm³/mol. The van der Waals surface area contributed by atoms with Crippen LogP contribution < -0.4 is 4.68 Å². The van der Waals surface area contributed by atoms with E-state index in [1.54, 1.807) is 36.4 Å². The van der Waals surface area contributed by atoms with Gasteiger partial charge in [-0.05, 0) is 43.3 Å². The van der Waals surface area contributed by atoms with Crippen LogP contribution >= 0.6 is 11.6 Å². The van der Waals surface area contributed by atoms with Crippen molar-refractivity contribution < 1.29 is 17.9 Å². The van der Waals surface area contributed by atoms with Crippen LogP contribution in [0, 0.1) is 6.92 Å². The van der Waals surface area contributed by atoms with Crippen molar-refractivity contribution in [3.63, 3.8) is 0 Å². The highest BCUT2D eigenvalue weighted by Crippen LogP contribution is 2.15. The van der Waals surface area contributed by atoms with Gasteiger partial charge in [-0.15, -0.1) is 4.68 Å². The third-order valence-corrected chi connectivity index (χ3v) is 5.09. The van der Waals surface area contributed by atoms with Crippen LogP contribution in [-0.2, 0) is 16.6 Å². The molecule has 0 amide bonds. The van der Waals surface area contributed by atoms with Crippen LogP contribution in [0.2, 0.25) is 5.02 Å². The SMILES string of the molecule is Cc1ccc(S(=O)(=O)[N-][n+]2cnn(CC(=O)c3ccc(Cl)cc3)c2)cc1. The minimum atomic E-state index is -3.87. The fourth-order valence-electron chi connectivity index (χ4n) is 2.19. The molecule has 0 saturated carbocycles. The number of benzene rings is 2. The van der Waals surface area contributed by atoms with E-state index in [1.807, 2.05) is 6.92 Å². The molecule has 0 spiro atoms. The molecule has 2 aromatic carbocycles. The Kier molecular flexibility index (Phi) is 5.06.